The molecule has 0 spiro atoms. The van der Waals surface area contributed by atoms with Crippen molar-refractivity contribution in [3.05, 3.63) is 72.4 Å². The molecule has 4 rings (SSSR count). The monoisotopic (exact) mass is 376 g/mol. The standard InChI is InChI=1S/C21H20N4OS/c1-25-13-12-23-21(25)27-19(16-6-3-2-4-7-16)20(26)24-17-10-9-15-8-5-11-22-18(15)14-17/h2-11,14,19H,12-13H2,1H3,(H,24,26). The molecule has 1 aliphatic rings. The number of hydrogen-bond donors (Lipinski definition) is 1. The summed E-state index contributed by atoms with van der Waals surface area (Å²) in [5.74, 6) is -0.0653. The van der Waals surface area contributed by atoms with E-state index in [2.05, 4.69) is 20.2 Å². The molecule has 3 aromatic rings. The zero-order valence-electron chi connectivity index (χ0n) is 15.0. The SMILES string of the molecule is CN1CCN=C1SC(C(=O)Nc1ccc2cccnc2c1)c1ccccc1. The van der Waals surface area contributed by atoms with Gasteiger partial charge in [0.2, 0.25) is 5.91 Å². The van der Waals surface area contributed by atoms with Crippen molar-refractivity contribution in [1.29, 1.82) is 0 Å². The van der Waals surface area contributed by atoms with E-state index in [0.29, 0.717) is 0 Å². The molecular formula is C21H20N4OS. The van der Waals surface area contributed by atoms with Crippen LogP contribution in [0.25, 0.3) is 10.9 Å². The molecule has 136 valence electrons. The summed E-state index contributed by atoms with van der Waals surface area (Å²) in [6.07, 6.45) is 1.75. The van der Waals surface area contributed by atoms with Crippen molar-refractivity contribution >= 4 is 39.4 Å². The van der Waals surface area contributed by atoms with Crippen LogP contribution in [0.1, 0.15) is 10.8 Å². The van der Waals surface area contributed by atoms with Crippen molar-refractivity contribution < 1.29 is 4.79 Å². The van der Waals surface area contributed by atoms with Crippen LogP contribution in [0.2, 0.25) is 0 Å². The molecule has 1 N–H and O–H groups in total. The Labute approximate surface area is 162 Å². The predicted octanol–water partition coefficient (Wildman–Crippen LogP) is 3.95. The minimum atomic E-state index is -0.370. The van der Waals surface area contributed by atoms with Gasteiger partial charge in [-0.15, -0.1) is 0 Å². The molecule has 6 heteroatoms. The number of anilines is 1. The van der Waals surface area contributed by atoms with Gasteiger partial charge in [0.15, 0.2) is 5.17 Å². The van der Waals surface area contributed by atoms with Gasteiger partial charge in [0.25, 0.3) is 0 Å². The van der Waals surface area contributed by atoms with Gasteiger partial charge in [0.05, 0.1) is 12.1 Å². The Morgan fingerprint density at radius 3 is 2.78 bits per heavy atom. The van der Waals surface area contributed by atoms with E-state index in [9.17, 15) is 4.79 Å². The van der Waals surface area contributed by atoms with E-state index in [4.69, 9.17) is 0 Å². The van der Waals surface area contributed by atoms with E-state index in [-0.39, 0.29) is 11.2 Å². The number of nitrogens with one attached hydrogen (secondary N) is 1. The number of carbonyl (C=O) groups is 1. The molecule has 0 saturated carbocycles. The molecule has 1 aromatic heterocycles. The first kappa shape index (κ1) is 17.5. The van der Waals surface area contributed by atoms with Crippen molar-refractivity contribution in [2.45, 2.75) is 5.25 Å². The van der Waals surface area contributed by atoms with Crippen LogP contribution in [0.3, 0.4) is 0 Å². The highest BCUT2D eigenvalue weighted by atomic mass is 32.2. The van der Waals surface area contributed by atoms with Gasteiger partial charge in [-0.05, 0) is 23.8 Å². The summed E-state index contributed by atoms with van der Waals surface area (Å²) < 4.78 is 0. The van der Waals surface area contributed by atoms with Crippen molar-refractivity contribution in [3.8, 4) is 0 Å². The molecule has 0 radical (unpaired) electrons. The van der Waals surface area contributed by atoms with E-state index in [1.165, 1.54) is 11.8 Å². The first-order valence-corrected chi connectivity index (χ1v) is 9.71. The van der Waals surface area contributed by atoms with Gasteiger partial charge in [0.1, 0.15) is 5.25 Å². The quantitative estimate of drug-likeness (QED) is 0.749. The van der Waals surface area contributed by atoms with Gasteiger partial charge < -0.3 is 10.2 Å². The Balaban J connectivity index is 1.59. The van der Waals surface area contributed by atoms with Crippen LogP contribution in [0, 0.1) is 0 Å². The Hall–Kier alpha value is -2.86. The van der Waals surface area contributed by atoms with Crippen LogP contribution < -0.4 is 5.32 Å². The van der Waals surface area contributed by atoms with Crippen LogP contribution in [0.4, 0.5) is 5.69 Å². The van der Waals surface area contributed by atoms with Crippen molar-refractivity contribution in [2.24, 2.45) is 4.99 Å². The van der Waals surface area contributed by atoms with Crippen LogP contribution >= 0.6 is 11.8 Å². The summed E-state index contributed by atoms with van der Waals surface area (Å²) >= 11 is 1.49. The van der Waals surface area contributed by atoms with E-state index in [1.807, 2.05) is 67.7 Å². The minimum Gasteiger partial charge on any atom is -0.353 e. The van der Waals surface area contributed by atoms with Crippen LogP contribution in [-0.2, 0) is 4.79 Å². The molecule has 1 atom stereocenters. The third-order valence-electron chi connectivity index (χ3n) is 4.45. The lowest BCUT2D eigenvalue weighted by Crippen LogP contribution is -2.25. The number of benzene rings is 2. The highest BCUT2D eigenvalue weighted by molar-refractivity contribution is 8.14. The summed E-state index contributed by atoms with van der Waals surface area (Å²) in [6, 6.07) is 19.5. The Morgan fingerprint density at radius 2 is 2.00 bits per heavy atom. The second-order valence-electron chi connectivity index (χ2n) is 6.39. The Morgan fingerprint density at radius 1 is 1.15 bits per heavy atom. The number of nitrogens with zero attached hydrogens (tertiary/aromatic N) is 3. The average Bonchev–Trinajstić information content (AvgIpc) is 3.11. The van der Waals surface area contributed by atoms with Gasteiger partial charge in [-0.2, -0.15) is 0 Å². The van der Waals surface area contributed by atoms with Gasteiger partial charge in [0, 0.05) is 30.9 Å². The van der Waals surface area contributed by atoms with E-state index >= 15 is 0 Å². The fraction of sp³-hybridized carbons (Fsp3) is 0.190. The Kier molecular flexibility index (Phi) is 5.07. The van der Waals surface area contributed by atoms with E-state index < -0.39 is 0 Å². The maximum absolute atomic E-state index is 13.1. The first-order chi connectivity index (χ1) is 13.2. The van der Waals surface area contributed by atoms with Gasteiger partial charge in [-0.1, -0.05) is 54.2 Å². The third-order valence-corrected chi connectivity index (χ3v) is 5.82. The van der Waals surface area contributed by atoms with Gasteiger partial charge >= 0.3 is 0 Å². The lowest BCUT2D eigenvalue weighted by molar-refractivity contribution is -0.115. The second kappa shape index (κ2) is 7.80. The molecule has 1 amide bonds. The smallest absolute Gasteiger partial charge is 0.242 e. The second-order valence-corrected chi connectivity index (χ2v) is 7.47. The fourth-order valence-corrected chi connectivity index (χ4v) is 4.10. The van der Waals surface area contributed by atoms with E-state index in [0.717, 1.165) is 40.4 Å². The summed E-state index contributed by atoms with van der Waals surface area (Å²) in [4.78, 5) is 24.1. The van der Waals surface area contributed by atoms with Gasteiger partial charge in [-0.25, -0.2) is 0 Å². The lowest BCUT2D eigenvalue weighted by atomic mass is 10.1. The molecule has 0 saturated heterocycles. The predicted molar refractivity (Wildman–Crippen MR) is 112 cm³/mol. The molecular weight excluding hydrogens is 356 g/mol. The number of pyridine rings is 1. The fourth-order valence-electron chi connectivity index (χ4n) is 3.00. The first-order valence-electron chi connectivity index (χ1n) is 8.83. The average molecular weight is 376 g/mol. The zero-order chi connectivity index (χ0) is 18.6. The topological polar surface area (TPSA) is 57.6 Å². The highest BCUT2D eigenvalue weighted by Crippen LogP contribution is 2.33. The van der Waals surface area contributed by atoms with Crippen LogP contribution in [0.5, 0.6) is 0 Å². The number of rotatable bonds is 4. The molecule has 1 unspecified atom stereocenters. The molecule has 0 bridgehead atoms. The number of carbonyl (C=O) groups excluding carboxylic acids is 1. The third kappa shape index (κ3) is 3.95. The number of likely N-dealkylation sites (N-methyl/N-ethyl adjacent to an activating group) is 1. The number of amidine groups is 1. The minimum absolute atomic E-state index is 0.0653. The normalized spacial score (nSPS) is 14.9. The molecule has 2 aromatic carbocycles. The summed E-state index contributed by atoms with van der Waals surface area (Å²) in [6.45, 7) is 1.67. The lowest BCUT2D eigenvalue weighted by Gasteiger charge is -2.20. The maximum atomic E-state index is 13.1. The number of aromatic nitrogens is 1. The zero-order valence-corrected chi connectivity index (χ0v) is 15.8. The summed E-state index contributed by atoms with van der Waals surface area (Å²) in [7, 11) is 2.01. The number of fused-ring (bicyclic) bond motifs is 1. The van der Waals surface area contributed by atoms with Crippen molar-refractivity contribution in [1.82, 2.24) is 9.88 Å². The Bertz CT molecular complexity index is 990. The highest BCUT2D eigenvalue weighted by Gasteiger charge is 2.26. The summed E-state index contributed by atoms with van der Waals surface area (Å²) in [5.41, 5.74) is 2.57. The number of amides is 1. The number of aliphatic imine (C=N–C) groups is 1. The molecule has 1 aliphatic heterocycles. The van der Waals surface area contributed by atoms with Crippen LogP contribution in [0.15, 0.2) is 71.9 Å². The molecule has 0 fully saturated rings. The maximum Gasteiger partial charge on any atom is 0.242 e. The number of thioether (sulfide) groups is 1. The summed E-state index contributed by atoms with van der Waals surface area (Å²) in [5, 5.41) is 4.63. The van der Waals surface area contributed by atoms with Crippen molar-refractivity contribution in [2.75, 3.05) is 25.5 Å². The van der Waals surface area contributed by atoms with Crippen molar-refractivity contribution in [3.63, 3.8) is 0 Å². The molecule has 5 nitrogen and oxygen atoms in total. The molecule has 0 aliphatic carbocycles. The van der Waals surface area contributed by atoms with Crippen LogP contribution in [-0.4, -0.2) is 41.1 Å². The van der Waals surface area contributed by atoms with E-state index in [1.54, 1.807) is 6.20 Å². The largest absolute Gasteiger partial charge is 0.353 e. The molecule has 2 heterocycles. The number of hydrogen-bond acceptors (Lipinski definition) is 5. The molecule has 27 heavy (non-hydrogen) atoms. The van der Waals surface area contributed by atoms with Gasteiger partial charge in [-0.3, -0.25) is 14.8 Å².